The first kappa shape index (κ1) is 13.0. The lowest BCUT2D eigenvalue weighted by molar-refractivity contribution is -0.133. The third kappa shape index (κ3) is 3.48. The zero-order valence-corrected chi connectivity index (χ0v) is 9.17. The largest absolute Gasteiger partial charge is 0.457 e. The molecule has 1 aromatic rings. The summed E-state index contributed by atoms with van der Waals surface area (Å²) in [4.78, 5) is 10.6. The van der Waals surface area contributed by atoms with Gasteiger partial charge in [-0.15, -0.1) is 0 Å². The van der Waals surface area contributed by atoms with Gasteiger partial charge in [0.15, 0.2) is 0 Å². The van der Waals surface area contributed by atoms with Gasteiger partial charge in [-0.05, 0) is 30.7 Å². The van der Waals surface area contributed by atoms with Gasteiger partial charge < -0.3 is 10.1 Å². The molecular formula is C12H11F2NO2. The van der Waals surface area contributed by atoms with Crippen LogP contribution in [-0.4, -0.2) is 18.8 Å². The summed E-state index contributed by atoms with van der Waals surface area (Å²) in [6.07, 6.45) is 3.25. The van der Waals surface area contributed by atoms with E-state index >= 15 is 0 Å². The van der Waals surface area contributed by atoms with E-state index in [2.05, 4.69) is 4.74 Å². The average molecular weight is 239 g/mol. The van der Waals surface area contributed by atoms with Gasteiger partial charge in [-0.3, -0.25) is 0 Å². The number of nitrogens with one attached hydrogen (secondary N) is 1. The predicted molar refractivity (Wildman–Crippen MR) is 59.9 cm³/mol. The van der Waals surface area contributed by atoms with Gasteiger partial charge in [0.05, 0.1) is 0 Å². The van der Waals surface area contributed by atoms with Crippen LogP contribution in [-0.2, 0) is 9.53 Å². The maximum absolute atomic E-state index is 13.3. The summed E-state index contributed by atoms with van der Waals surface area (Å²) in [5.74, 6) is -1.83. The Labute approximate surface area is 97.2 Å². The van der Waals surface area contributed by atoms with Gasteiger partial charge >= 0.3 is 5.97 Å². The monoisotopic (exact) mass is 239 g/mol. The first-order chi connectivity index (χ1) is 8.06. The number of carbonyl (C=O) groups excluding carboxylic acids is 1. The molecule has 3 nitrogen and oxygen atoms in total. The summed E-state index contributed by atoms with van der Waals surface area (Å²) in [6.45, 7) is 1.37. The molecule has 0 aliphatic rings. The third-order valence-corrected chi connectivity index (χ3v) is 2.12. The van der Waals surface area contributed by atoms with Crippen LogP contribution in [0.3, 0.4) is 0 Å². The molecule has 0 spiro atoms. The van der Waals surface area contributed by atoms with Gasteiger partial charge in [0.2, 0.25) is 0 Å². The van der Waals surface area contributed by atoms with Crippen LogP contribution >= 0.6 is 0 Å². The number of hydrogen-bond donors (Lipinski definition) is 1. The molecule has 0 saturated carbocycles. The van der Waals surface area contributed by atoms with Gasteiger partial charge in [-0.2, -0.15) is 0 Å². The molecule has 0 aliphatic heterocycles. The average Bonchev–Trinajstić information content (AvgIpc) is 2.32. The van der Waals surface area contributed by atoms with Gasteiger partial charge in [0.25, 0.3) is 0 Å². The first-order valence-corrected chi connectivity index (χ1v) is 4.84. The quantitative estimate of drug-likeness (QED) is 0.648. The minimum atomic E-state index is -0.786. The number of hydrogen-bond acceptors (Lipinski definition) is 3. The molecular weight excluding hydrogens is 228 g/mol. The van der Waals surface area contributed by atoms with E-state index in [0.717, 1.165) is 12.1 Å². The van der Waals surface area contributed by atoms with Crippen LogP contribution in [0.25, 0.3) is 6.08 Å². The molecule has 0 aliphatic carbocycles. The van der Waals surface area contributed by atoms with E-state index in [1.54, 1.807) is 0 Å². The van der Waals surface area contributed by atoms with Crippen LogP contribution in [0.1, 0.15) is 11.1 Å². The lowest BCUT2D eigenvalue weighted by atomic mass is 10.1. The molecule has 0 unspecified atom stereocenters. The molecule has 0 bridgehead atoms. The number of benzene rings is 1. The summed E-state index contributed by atoms with van der Waals surface area (Å²) in [6, 6.07) is 2.09. The Hall–Kier alpha value is -2.04. The molecule has 1 rings (SSSR count). The normalized spacial score (nSPS) is 10.5. The first-order valence-electron chi connectivity index (χ1n) is 4.84. The molecule has 0 radical (unpaired) electrons. The van der Waals surface area contributed by atoms with Crippen molar-refractivity contribution < 1.29 is 18.3 Å². The van der Waals surface area contributed by atoms with Crippen molar-refractivity contribution in [2.24, 2.45) is 0 Å². The van der Waals surface area contributed by atoms with Crippen molar-refractivity contribution in [1.82, 2.24) is 0 Å². The lowest BCUT2D eigenvalue weighted by Gasteiger charge is -2.03. The molecule has 5 heteroatoms. The smallest absolute Gasteiger partial charge is 0.348 e. The molecule has 90 valence electrons. The second-order valence-corrected chi connectivity index (χ2v) is 3.24. The number of halogens is 2. The second-order valence-electron chi connectivity index (χ2n) is 3.24. The minimum Gasteiger partial charge on any atom is -0.457 e. The zero-order valence-electron chi connectivity index (χ0n) is 9.17. The molecule has 0 heterocycles. The number of carbonyl (C=O) groups is 1. The van der Waals surface area contributed by atoms with E-state index in [1.165, 1.54) is 19.1 Å². The third-order valence-electron chi connectivity index (χ3n) is 2.12. The molecule has 17 heavy (non-hydrogen) atoms. The summed E-state index contributed by atoms with van der Waals surface area (Å²) in [5.41, 5.74) is 0.315. The number of rotatable bonds is 4. The van der Waals surface area contributed by atoms with Gasteiger partial charge in [-0.1, -0.05) is 6.08 Å². The molecule has 1 N–H and O–H groups in total. The van der Waals surface area contributed by atoms with Crippen LogP contribution in [0, 0.1) is 24.0 Å². The molecule has 0 saturated heterocycles. The van der Waals surface area contributed by atoms with Crippen LogP contribution in [0.4, 0.5) is 8.78 Å². The van der Waals surface area contributed by atoms with Crippen molar-refractivity contribution in [2.45, 2.75) is 6.92 Å². The van der Waals surface area contributed by atoms with E-state index in [1.807, 2.05) is 0 Å². The Morgan fingerprint density at radius 1 is 1.41 bits per heavy atom. The van der Waals surface area contributed by atoms with Gasteiger partial charge in [0, 0.05) is 5.56 Å². The fraction of sp³-hybridized carbons (Fsp3) is 0.167. The van der Waals surface area contributed by atoms with Crippen molar-refractivity contribution >= 4 is 18.3 Å². The van der Waals surface area contributed by atoms with Crippen LogP contribution < -0.4 is 0 Å². The maximum Gasteiger partial charge on any atom is 0.348 e. The predicted octanol–water partition coefficient (Wildman–Crippen LogP) is 2.48. The summed E-state index contributed by atoms with van der Waals surface area (Å²) in [5, 5.41) is 6.57. The molecule has 0 fully saturated rings. The van der Waals surface area contributed by atoms with Crippen molar-refractivity contribution in [3.05, 3.63) is 41.0 Å². The highest BCUT2D eigenvalue weighted by Gasteiger charge is 2.06. The Kier molecular flexibility index (Phi) is 4.51. The summed E-state index contributed by atoms with van der Waals surface area (Å²) >= 11 is 0. The highest BCUT2D eigenvalue weighted by Crippen LogP contribution is 2.17. The Bertz CT molecular complexity index is 470. The minimum absolute atomic E-state index is 0.0936. The number of ether oxygens (including phenoxy) is 1. The van der Waals surface area contributed by atoms with Crippen molar-refractivity contribution in [1.29, 1.82) is 5.41 Å². The second kappa shape index (κ2) is 5.89. The molecule has 0 amide bonds. The van der Waals surface area contributed by atoms with Gasteiger partial charge in [0.1, 0.15) is 24.5 Å². The van der Waals surface area contributed by atoms with Crippen LogP contribution in [0.15, 0.2) is 18.2 Å². The van der Waals surface area contributed by atoms with E-state index in [0.29, 0.717) is 6.21 Å². The topological polar surface area (TPSA) is 50.2 Å². The lowest BCUT2D eigenvalue weighted by Crippen LogP contribution is -2.04. The molecule has 1 aromatic carbocycles. The van der Waals surface area contributed by atoms with E-state index in [-0.39, 0.29) is 17.7 Å². The van der Waals surface area contributed by atoms with Crippen LogP contribution in [0.2, 0.25) is 0 Å². The van der Waals surface area contributed by atoms with Crippen molar-refractivity contribution in [3.63, 3.8) is 0 Å². The Balaban J connectivity index is 2.74. The highest BCUT2D eigenvalue weighted by molar-refractivity contribution is 6.21. The van der Waals surface area contributed by atoms with E-state index in [4.69, 9.17) is 5.41 Å². The fourth-order valence-corrected chi connectivity index (χ4v) is 1.21. The number of esters is 1. The van der Waals surface area contributed by atoms with Gasteiger partial charge in [-0.25, -0.2) is 13.6 Å². The highest BCUT2D eigenvalue weighted by atomic mass is 19.1. The molecule has 0 aromatic heterocycles. The van der Waals surface area contributed by atoms with Crippen molar-refractivity contribution in [3.8, 4) is 0 Å². The van der Waals surface area contributed by atoms with Crippen LogP contribution in [0.5, 0.6) is 0 Å². The summed E-state index contributed by atoms with van der Waals surface area (Å²) in [7, 11) is 0. The van der Waals surface area contributed by atoms with Crippen molar-refractivity contribution in [2.75, 3.05) is 6.61 Å². The summed E-state index contributed by atoms with van der Waals surface area (Å²) < 4.78 is 31.0. The maximum atomic E-state index is 13.3. The Morgan fingerprint density at radius 3 is 2.71 bits per heavy atom. The van der Waals surface area contributed by atoms with E-state index < -0.39 is 17.6 Å². The fourth-order valence-electron chi connectivity index (χ4n) is 1.21. The zero-order chi connectivity index (χ0) is 12.8. The molecule has 0 atom stereocenters. The van der Waals surface area contributed by atoms with E-state index in [9.17, 15) is 13.6 Å². The Morgan fingerprint density at radius 2 is 2.06 bits per heavy atom. The standard InChI is InChI=1S/C12H11F2NO2/c1-8-9(11(14)5-4-10(8)13)3-2-6-17-12(16)7-15/h2-5,7,15H,6H2,1H3/b3-2-,15-7?. The SMILES string of the molecule is Cc1c(F)ccc(F)c1/C=C\COC(=O)C=N.